The maximum absolute atomic E-state index is 13.3. The summed E-state index contributed by atoms with van der Waals surface area (Å²) in [4.78, 5) is 103. The number of carbonyl (C=O) groups is 4. The Bertz CT molecular complexity index is 3450. The maximum atomic E-state index is 13.3. The molecule has 2 fully saturated rings. The molecule has 0 aromatic heterocycles. The van der Waals surface area contributed by atoms with Crippen LogP contribution in [0.5, 0.6) is 46.0 Å². The molecule has 4 N–H and O–H groups in total. The molecule has 4 amide bonds. The van der Waals surface area contributed by atoms with Crippen LogP contribution in [0.4, 0.5) is 22.7 Å². The minimum atomic E-state index is -0.709. The number of hydrogen-bond acceptors (Lipinski definition) is 24. The molecule has 0 aliphatic carbocycles. The standard InChI is InChI=1S/2C31H36N4O12/c2*1-18-8-20(16-36)32(14-18)30(38)22-10-26(44-3)28(12-24(22)34(40)41)46-6-5-7-47-29-13-25(35(42)43)23(11-27(29)45-4)31(39)33-15-19(2)9-21(33)17-37/h10-15,20-21,36-37H,5-9,16-17H2,1-4H3;10-13,20-21,36-37H,1-2,5-9,14-17H2,3-4H3/t2*20-,21-/m00/s1. The number of ether oxygens (including phenoxy) is 8. The van der Waals surface area contributed by atoms with E-state index >= 15 is 0 Å². The second kappa shape index (κ2) is 31.7. The van der Waals surface area contributed by atoms with Crippen molar-refractivity contribution in [1.29, 1.82) is 0 Å². The van der Waals surface area contributed by atoms with Gasteiger partial charge >= 0.3 is 0 Å². The van der Waals surface area contributed by atoms with E-state index in [9.17, 15) is 80.1 Å². The highest BCUT2D eigenvalue weighted by atomic mass is 16.6. The number of nitrogens with zero attached hydrogens (tertiary/aromatic N) is 8. The Morgan fingerprint density at radius 3 is 0.915 bits per heavy atom. The van der Waals surface area contributed by atoms with Gasteiger partial charge in [-0.25, -0.2) is 0 Å². The zero-order valence-electron chi connectivity index (χ0n) is 52.3. The van der Waals surface area contributed by atoms with Gasteiger partial charge in [0, 0.05) is 62.6 Å². The number of aliphatic hydroxyl groups excluding tert-OH is 4. The molecule has 4 aromatic carbocycles. The van der Waals surface area contributed by atoms with Gasteiger partial charge in [0.05, 0.1) is 149 Å². The van der Waals surface area contributed by atoms with Crippen LogP contribution in [0, 0.1) is 40.5 Å². The first-order chi connectivity index (χ1) is 44.9. The van der Waals surface area contributed by atoms with E-state index in [0.29, 0.717) is 25.7 Å². The van der Waals surface area contributed by atoms with Crippen LogP contribution in [0.2, 0.25) is 0 Å². The minimum Gasteiger partial charge on any atom is -0.493 e. The largest absolute Gasteiger partial charge is 0.493 e. The summed E-state index contributed by atoms with van der Waals surface area (Å²) in [5.74, 6) is -2.33. The fourth-order valence-electron chi connectivity index (χ4n) is 11.1. The number of likely N-dealkylation sites (tertiary alicyclic amines) is 2. The topological polar surface area (TPSA) is 409 Å². The Labute approximate surface area is 537 Å². The van der Waals surface area contributed by atoms with Crippen molar-refractivity contribution in [1.82, 2.24) is 19.6 Å². The Balaban J connectivity index is 0.000000266. The number of methoxy groups -OCH3 is 4. The molecular weight excluding hydrogens is 1240 g/mol. The second-order valence-corrected chi connectivity index (χ2v) is 22.1. The third kappa shape index (κ3) is 16.1. The van der Waals surface area contributed by atoms with Crippen molar-refractivity contribution in [2.45, 2.75) is 76.5 Å². The molecule has 504 valence electrons. The van der Waals surface area contributed by atoms with Crippen LogP contribution in [0.25, 0.3) is 0 Å². The molecular formula is C62H72N8O24. The molecule has 4 atom stereocenters. The summed E-state index contributed by atoms with van der Waals surface area (Å²) < 4.78 is 44.3. The highest BCUT2D eigenvalue weighted by molar-refractivity contribution is 6.02. The van der Waals surface area contributed by atoms with Gasteiger partial charge in [0.25, 0.3) is 46.4 Å². The van der Waals surface area contributed by atoms with Crippen LogP contribution in [0.1, 0.15) is 93.8 Å². The molecule has 0 spiro atoms. The van der Waals surface area contributed by atoms with Gasteiger partial charge in [-0.2, -0.15) is 0 Å². The lowest BCUT2D eigenvalue weighted by Crippen LogP contribution is -2.38. The van der Waals surface area contributed by atoms with Gasteiger partial charge in [-0.3, -0.25) is 59.6 Å². The lowest BCUT2D eigenvalue weighted by Gasteiger charge is -2.23. The fourth-order valence-corrected chi connectivity index (χ4v) is 11.1. The SMILES string of the molecule is C=C1C[C@@H](CO)N(C(=O)c2cc(OC)c(OCCCOc3cc([N+](=O)[O-])c(C(=O)N4CC(=C)C[C@H]4CO)cc3OC)cc2[N+](=O)[O-])C1.COc1cc(C(=O)N2C=C(C)C[C@H]2CO)c([N+](=O)[O-])cc1OCCCOc1cc([N+](=O)[O-])c(C(=O)N2C=C(C)C[C@H]2CO)cc1OC. The smallest absolute Gasteiger partial charge is 0.286 e. The lowest BCUT2D eigenvalue weighted by molar-refractivity contribution is -0.385. The third-order valence-corrected chi connectivity index (χ3v) is 15.6. The lowest BCUT2D eigenvalue weighted by atomic mass is 10.1. The van der Waals surface area contributed by atoms with Gasteiger partial charge in [0.1, 0.15) is 22.3 Å². The summed E-state index contributed by atoms with van der Waals surface area (Å²) >= 11 is 0. The van der Waals surface area contributed by atoms with Crippen molar-refractivity contribution in [3.05, 3.63) is 159 Å². The van der Waals surface area contributed by atoms with Crippen LogP contribution in [0.15, 0.2) is 96.4 Å². The third-order valence-electron chi connectivity index (χ3n) is 15.6. The van der Waals surface area contributed by atoms with E-state index in [2.05, 4.69) is 13.2 Å². The van der Waals surface area contributed by atoms with Gasteiger partial charge in [0.15, 0.2) is 46.0 Å². The summed E-state index contributed by atoms with van der Waals surface area (Å²) in [7, 11) is 5.27. The Morgan fingerprint density at radius 2 is 0.681 bits per heavy atom. The molecule has 0 radical (unpaired) electrons. The molecule has 0 bridgehead atoms. The average molecular weight is 1310 g/mol. The molecule has 4 heterocycles. The number of carbonyl (C=O) groups excluding carboxylic acids is 4. The van der Waals surface area contributed by atoms with Crippen molar-refractivity contribution in [2.75, 3.05) is 94.4 Å². The summed E-state index contributed by atoms with van der Waals surface area (Å²) in [5, 5.41) is 86.4. The van der Waals surface area contributed by atoms with E-state index in [1.165, 1.54) is 72.3 Å². The summed E-state index contributed by atoms with van der Waals surface area (Å²) in [6.45, 7) is 10.3. The molecule has 0 unspecified atom stereocenters. The first-order valence-electron chi connectivity index (χ1n) is 29.2. The second-order valence-electron chi connectivity index (χ2n) is 22.1. The predicted octanol–water partition coefficient (Wildman–Crippen LogP) is 6.48. The molecule has 4 aliphatic rings. The highest BCUT2D eigenvalue weighted by Gasteiger charge is 2.39. The molecule has 4 aliphatic heterocycles. The summed E-state index contributed by atoms with van der Waals surface area (Å²) in [5.41, 5.74) is 0.176. The number of hydrogen-bond donors (Lipinski definition) is 4. The van der Waals surface area contributed by atoms with Crippen molar-refractivity contribution in [3.63, 3.8) is 0 Å². The van der Waals surface area contributed by atoms with Crippen molar-refractivity contribution in [2.24, 2.45) is 0 Å². The molecule has 32 heteroatoms. The monoisotopic (exact) mass is 1310 g/mol. The molecule has 2 saturated heterocycles. The van der Waals surface area contributed by atoms with Gasteiger partial charge in [0.2, 0.25) is 0 Å². The van der Waals surface area contributed by atoms with Crippen LogP contribution in [0.3, 0.4) is 0 Å². The molecule has 0 saturated carbocycles. The first-order valence-corrected chi connectivity index (χ1v) is 29.2. The highest BCUT2D eigenvalue weighted by Crippen LogP contribution is 2.42. The number of aliphatic hydroxyl groups is 4. The quantitative estimate of drug-likeness (QED) is 0.0204. The normalized spacial score (nSPS) is 17.4. The Kier molecular flexibility index (Phi) is 24.0. The predicted molar refractivity (Wildman–Crippen MR) is 332 cm³/mol. The fraction of sp³-hybridized carbons (Fsp3) is 0.419. The van der Waals surface area contributed by atoms with E-state index in [4.69, 9.17) is 37.9 Å². The van der Waals surface area contributed by atoms with Crippen LogP contribution < -0.4 is 37.9 Å². The summed E-state index contributed by atoms with van der Waals surface area (Å²) in [6.07, 6.45) is 5.18. The Morgan fingerprint density at radius 1 is 0.426 bits per heavy atom. The van der Waals surface area contributed by atoms with Gasteiger partial charge < -0.3 is 77.9 Å². The van der Waals surface area contributed by atoms with E-state index < -0.39 is 90.2 Å². The number of nitro groups is 4. The number of benzene rings is 4. The Hall–Kier alpha value is -10.4. The van der Waals surface area contributed by atoms with E-state index in [0.717, 1.165) is 46.6 Å². The van der Waals surface area contributed by atoms with Crippen molar-refractivity contribution >= 4 is 46.4 Å². The number of rotatable bonds is 28. The van der Waals surface area contributed by atoms with Crippen LogP contribution in [-0.2, 0) is 0 Å². The first kappa shape index (κ1) is 71.0. The number of nitro benzene ring substituents is 4. The maximum Gasteiger partial charge on any atom is 0.286 e. The number of amides is 4. The van der Waals surface area contributed by atoms with Gasteiger partial charge in [-0.15, -0.1) is 0 Å². The van der Waals surface area contributed by atoms with E-state index in [1.807, 2.05) is 0 Å². The van der Waals surface area contributed by atoms with Crippen molar-refractivity contribution < 1.29 is 97.2 Å². The van der Waals surface area contributed by atoms with E-state index in [1.54, 1.807) is 26.2 Å². The zero-order chi connectivity index (χ0) is 68.8. The van der Waals surface area contributed by atoms with Gasteiger partial charge in [-0.1, -0.05) is 35.5 Å². The minimum absolute atomic E-state index is 0.00199. The molecule has 32 nitrogen and oxygen atoms in total. The molecule has 94 heavy (non-hydrogen) atoms. The summed E-state index contributed by atoms with van der Waals surface area (Å²) in [6, 6.07) is 7.07. The van der Waals surface area contributed by atoms with Crippen LogP contribution >= 0.6 is 0 Å². The molecule has 4 aromatic rings. The van der Waals surface area contributed by atoms with Crippen molar-refractivity contribution in [3.8, 4) is 46.0 Å². The molecule has 8 rings (SSSR count). The van der Waals surface area contributed by atoms with Gasteiger partial charge in [-0.05, 0) is 39.5 Å². The van der Waals surface area contributed by atoms with E-state index in [-0.39, 0.29) is 147 Å². The average Bonchev–Trinajstić information content (AvgIpc) is 1.23. The zero-order valence-corrected chi connectivity index (χ0v) is 52.3. The van der Waals surface area contributed by atoms with Crippen LogP contribution in [-0.4, -0.2) is 202 Å².